The van der Waals surface area contributed by atoms with Gasteiger partial charge in [0, 0.05) is 27.1 Å². The number of nitrogens with one attached hydrogen (secondary N) is 1. The van der Waals surface area contributed by atoms with Crippen LogP contribution in [0.5, 0.6) is 5.75 Å². The number of hydrogen-bond acceptors (Lipinski definition) is 7. The second kappa shape index (κ2) is 12.8. The first-order valence-corrected chi connectivity index (χ1v) is 10.4. The van der Waals surface area contributed by atoms with E-state index >= 15 is 0 Å². The van der Waals surface area contributed by atoms with E-state index in [-0.39, 0.29) is 6.61 Å². The van der Waals surface area contributed by atoms with Gasteiger partial charge in [-0.2, -0.15) is 0 Å². The monoisotopic (exact) mass is 419 g/mol. The highest BCUT2D eigenvalue weighted by Gasteiger charge is 2.10. The molecule has 9 nitrogen and oxygen atoms in total. The van der Waals surface area contributed by atoms with E-state index < -0.39 is 5.97 Å². The molecule has 166 valence electrons. The number of nitrogens with zero attached hydrogens (tertiary/aromatic N) is 4. The smallest absolute Gasteiger partial charge is 0.300 e. The summed E-state index contributed by atoms with van der Waals surface area (Å²) in [4.78, 5) is 11.5. The highest BCUT2D eigenvalue weighted by Crippen LogP contribution is 2.17. The highest BCUT2D eigenvalue weighted by molar-refractivity contribution is 5.62. The van der Waals surface area contributed by atoms with Gasteiger partial charge in [-0.15, -0.1) is 10.2 Å². The summed E-state index contributed by atoms with van der Waals surface area (Å²) in [6.45, 7) is 5.78. The molecular formula is C21H33N5O4. The van der Waals surface area contributed by atoms with E-state index in [0.717, 1.165) is 32.2 Å². The lowest BCUT2D eigenvalue weighted by molar-refractivity contribution is -0.134. The predicted molar refractivity (Wildman–Crippen MR) is 114 cm³/mol. The van der Waals surface area contributed by atoms with Gasteiger partial charge >= 0.3 is 0 Å². The molecule has 2 aromatic rings. The molecule has 9 heteroatoms. The van der Waals surface area contributed by atoms with Gasteiger partial charge in [0.05, 0.1) is 6.61 Å². The van der Waals surface area contributed by atoms with E-state index in [4.69, 9.17) is 19.7 Å². The van der Waals surface area contributed by atoms with Crippen molar-refractivity contribution >= 4 is 11.9 Å². The van der Waals surface area contributed by atoms with Crippen molar-refractivity contribution in [3.8, 4) is 5.75 Å². The predicted octanol–water partition coefficient (Wildman–Crippen LogP) is 2.27. The Morgan fingerprint density at radius 1 is 1.23 bits per heavy atom. The maximum atomic E-state index is 9.12. The second-order valence-corrected chi connectivity index (χ2v) is 7.29. The molecule has 0 bridgehead atoms. The fourth-order valence-corrected chi connectivity index (χ4v) is 3.22. The molecule has 0 aliphatic carbocycles. The molecule has 0 saturated carbocycles. The Hall–Kier alpha value is -2.65. The SMILES string of the molecule is CC(=O)O.Cn1c(CO)nnc1NCCCOc1cccc(CN2CCCCC2)c1. The molecule has 0 spiro atoms. The van der Waals surface area contributed by atoms with Crippen LogP contribution in [0.3, 0.4) is 0 Å². The number of piperidine rings is 1. The van der Waals surface area contributed by atoms with E-state index in [1.165, 1.54) is 37.9 Å². The molecule has 30 heavy (non-hydrogen) atoms. The average molecular weight is 420 g/mol. The largest absolute Gasteiger partial charge is 0.494 e. The Balaban J connectivity index is 0.000000735. The number of hydrogen-bond donors (Lipinski definition) is 3. The lowest BCUT2D eigenvalue weighted by Gasteiger charge is -2.26. The summed E-state index contributed by atoms with van der Waals surface area (Å²) in [5, 5.41) is 27.7. The number of aliphatic hydroxyl groups excluding tert-OH is 1. The van der Waals surface area contributed by atoms with Crippen LogP contribution in [-0.2, 0) is 25.0 Å². The fraction of sp³-hybridized carbons (Fsp3) is 0.571. The zero-order chi connectivity index (χ0) is 21.8. The normalized spacial score (nSPS) is 14.0. The van der Waals surface area contributed by atoms with Crippen molar-refractivity contribution in [3.05, 3.63) is 35.7 Å². The van der Waals surface area contributed by atoms with Crippen molar-refractivity contribution in [2.75, 3.05) is 31.6 Å². The summed E-state index contributed by atoms with van der Waals surface area (Å²) >= 11 is 0. The van der Waals surface area contributed by atoms with Crippen molar-refractivity contribution in [2.45, 2.75) is 45.8 Å². The van der Waals surface area contributed by atoms with Crippen molar-refractivity contribution in [1.29, 1.82) is 0 Å². The average Bonchev–Trinajstić information content (AvgIpc) is 3.08. The maximum Gasteiger partial charge on any atom is 0.300 e. The second-order valence-electron chi connectivity index (χ2n) is 7.29. The summed E-state index contributed by atoms with van der Waals surface area (Å²) in [5.41, 5.74) is 1.32. The van der Waals surface area contributed by atoms with Gasteiger partial charge in [-0.1, -0.05) is 18.6 Å². The molecular weight excluding hydrogens is 386 g/mol. The number of aliphatic hydroxyl groups is 1. The first-order valence-electron chi connectivity index (χ1n) is 10.4. The molecule has 3 rings (SSSR count). The van der Waals surface area contributed by atoms with Crippen molar-refractivity contribution in [2.24, 2.45) is 7.05 Å². The highest BCUT2D eigenvalue weighted by atomic mass is 16.5. The van der Waals surface area contributed by atoms with Crippen LogP contribution in [0, 0.1) is 0 Å². The Morgan fingerprint density at radius 3 is 2.63 bits per heavy atom. The van der Waals surface area contributed by atoms with E-state index in [0.29, 0.717) is 18.4 Å². The summed E-state index contributed by atoms with van der Waals surface area (Å²) in [7, 11) is 1.83. The topological polar surface area (TPSA) is 113 Å². The number of likely N-dealkylation sites (tertiary alicyclic amines) is 1. The van der Waals surface area contributed by atoms with Crippen LogP contribution < -0.4 is 10.1 Å². The van der Waals surface area contributed by atoms with Crippen LogP contribution >= 0.6 is 0 Å². The standard InChI is InChI=1S/C19H29N5O2.C2H4O2/c1-23-18(15-25)21-22-19(23)20-9-6-12-26-17-8-5-7-16(13-17)14-24-10-3-2-4-11-24;1-2(3)4/h5,7-8,13,25H,2-4,6,9-12,14-15H2,1H3,(H,20,22);1H3,(H,3,4). The zero-order valence-electron chi connectivity index (χ0n) is 17.9. The molecule has 1 saturated heterocycles. The third-order valence-corrected chi connectivity index (χ3v) is 4.73. The van der Waals surface area contributed by atoms with Crippen molar-refractivity contribution < 1.29 is 19.7 Å². The Kier molecular flexibility index (Phi) is 10.1. The zero-order valence-corrected chi connectivity index (χ0v) is 17.9. The lowest BCUT2D eigenvalue weighted by Crippen LogP contribution is -2.29. The Bertz CT molecular complexity index is 771. The molecule has 0 unspecified atom stereocenters. The summed E-state index contributed by atoms with van der Waals surface area (Å²) in [6, 6.07) is 8.42. The Labute approximate surface area is 177 Å². The number of carboxylic acid groups (broad SMARTS) is 1. The fourth-order valence-electron chi connectivity index (χ4n) is 3.22. The number of aliphatic carboxylic acids is 1. The quantitative estimate of drug-likeness (QED) is 0.531. The van der Waals surface area contributed by atoms with Gasteiger partial charge in [-0.25, -0.2) is 0 Å². The number of carboxylic acids is 1. The lowest BCUT2D eigenvalue weighted by atomic mass is 10.1. The number of anilines is 1. The van der Waals surface area contributed by atoms with Gasteiger partial charge < -0.3 is 20.3 Å². The molecule has 1 aromatic carbocycles. The van der Waals surface area contributed by atoms with E-state index in [1.807, 2.05) is 13.1 Å². The Morgan fingerprint density at radius 2 is 1.97 bits per heavy atom. The van der Waals surface area contributed by atoms with E-state index in [1.54, 1.807) is 4.57 Å². The van der Waals surface area contributed by atoms with Crippen LogP contribution in [0.1, 0.15) is 44.0 Å². The number of carbonyl (C=O) groups is 1. The summed E-state index contributed by atoms with van der Waals surface area (Å²) < 4.78 is 7.64. The summed E-state index contributed by atoms with van der Waals surface area (Å²) in [5.74, 6) is 1.31. The van der Waals surface area contributed by atoms with Gasteiger partial charge in [0.1, 0.15) is 12.4 Å². The van der Waals surface area contributed by atoms with Gasteiger partial charge in [0.15, 0.2) is 5.82 Å². The molecule has 1 aromatic heterocycles. The molecule has 1 fully saturated rings. The van der Waals surface area contributed by atoms with Crippen molar-refractivity contribution in [1.82, 2.24) is 19.7 Å². The van der Waals surface area contributed by atoms with Crippen LogP contribution in [0.25, 0.3) is 0 Å². The molecule has 2 heterocycles. The number of benzene rings is 1. The molecule has 1 aliphatic rings. The van der Waals surface area contributed by atoms with E-state index in [2.05, 4.69) is 38.6 Å². The van der Waals surface area contributed by atoms with Crippen molar-refractivity contribution in [3.63, 3.8) is 0 Å². The molecule has 3 N–H and O–H groups in total. The molecule has 0 amide bonds. The minimum absolute atomic E-state index is 0.109. The minimum atomic E-state index is -0.833. The first kappa shape index (κ1) is 23.6. The number of rotatable bonds is 9. The molecule has 0 atom stereocenters. The third-order valence-electron chi connectivity index (χ3n) is 4.73. The van der Waals surface area contributed by atoms with E-state index in [9.17, 15) is 0 Å². The first-order chi connectivity index (χ1) is 14.5. The molecule has 0 radical (unpaired) electrons. The van der Waals surface area contributed by atoms with Gasteiger partial charge in [-0.05, 0) is 50.0 Å². The maximum absolute atomic E-state index is 9.12. The third kappa shape index (κ3) is 8.38. The van der Waals surface area contributed by atoms with Gasteiger partial charge in [0.2, 0.25) is 5.95 Å². The summed E-state index contributed by atoms with van der Waals surface area (Å²) in [6.07, 6.45) is 4.85. The van der Waals surface area contributed by atoms with Gasteiger partial charge in [-0.3, -0.25) is 14.3 Å². The van der Waals surface area contributed by atoms with Crippen LogP contribution in [-0.4, -0.2) is 62.1 Å². The van der Waals surface area contributed by atoms with Crippen LogP contribution in [0.15, 0.2) is 24.3 Å². The van der Waals surface area contributed by atoms with Crippen LogP contribution in [0.4, 0.5) is 5.95 Å². The molecule has 1 aliphatic heterocycles. The minimum Gasteiger partial charge on any atom is -0.494 e. The number of ether oxygens (including phenoxy) is 1. The van der Waals surface area contributed by atoms with Crippen LogP contribution in [0.2, 0.25) is 0 Å². The number of aromatic nitrogens is 3. The van der Waals surface area contributed by atoms with Gasteiger partial charge in [0.25, 0.3) is 5.97 Å².